The Hall–Kier alpha value is -1.17. The van der Waals surface area contributed by atoms with Crippen molar-refractivity contribution in [1.82, 2.24) is 19.8 Å². The van der Waals surface area contributed by atoms with Gasteiger partial charge in [-0.2, -0.15) is 10.2 Å². The fourth-order valence-electron chi connectivity index (χ4n) is 0.836. The molecule has 5 nitrogen and oxygen atoms in total. The van der Waals surface area contributed by atoms with Crippen molar-refractivity contribution in [2.24, 2.45) is 0 Å². The van der Waals surface area contributed by atoms with Crippen LogP contribution in [0, 0.1) is 0 Å². The Bertz CT molecular complexity index is 445. The van der Waals surface area contributed by atoms with Gasteiger partial charge >= 0.3 is 0 Å². The molecular formula is C5H3BrN4O. The quantitative estimate of drug-likeness (QED) is 0.681. The topological polar surface area (TPSA) is 63.0 Å². The van der Waals surface area contributed by atoms with E-state index in [0.717, 1.165) is 0 Å². The number of fused-ring (bicyclic) bond motifs is 1. The molecule has 0 saturated heterocycles. The average molecular weight is 215 g/mol. The van der Waals surface area contributed by atoms with E-state index in [0.29, 0.717) is 9.99 Å². The van der Waals surface area contributed by atoms with E-state index in [4.69, 9.17) is 0 Å². The lowest BCUT2D eigenvalue weighted by Gasteiger charge is -1.87. The average Bonchev–Trinajstić information content (AvgIpc) is 2.34. The van der Waals surface area contributed by atoms with E-state index >= 15 is 0 Å². The zero-order chi connectivity index (χ0) is 7.84. The van der Waals surface area contributed by atoms with Crippen LogP contribution in [0.4, 0.5) is 0 Å². The van der Waals surface area contributed by atoms with E-state index in [1.165, 1.54) is 10.8 Å². The molecule has 0 bridgehead atoms. The molecule has 0 radical (unpaired) electrons. The van der Waals surface area contributed by atoms with E-state index in [9.17, 15) is 4.79 Å². The zero-order valence-corrected chi connectivity index (χ0v) is 6.87. The highest BCUT2D eigenvalue weighted by molar-refractivity contribution is 9.10. The number of rotatable bonds is 0. The van der Waals surface area contributed by atoms with Gasteiger partial charge in [-0.25, -0.2) is 9.61 Å². The molecule has 6 heteroatoms. The SMILES string of the molecule is O=c1[nH]ncn2ncc(Br)c12. The first-order chi connectivity index (χ1) is 5.29. The highest BCUT2D eigenvalue weighted by atomic mass is 79.9. The standard InChI is InChI=1S/C5H3BrN4O/c6-3-1-8-10-2-7-9-5(11)4(3)10/h1-2H,(H,9,11). The summed E-state index contributed by atoms with van der Waals surface area (Å²) in [5.41, 5.74) is 0.219. The lowest BCUT2D eigenvalue weighted by atomic mass is 10.5. The molecular weight excluding hydrogens is 212 g/mol. The van der Waals surface area contributed by atoms with Crippen molar-refractivity contribution in [2.45, 2.75) is 0 Å². The van der Waals surface area contributed by atoms with Gasteiger partial charge in [0.15, 0.2) is 0 Å². The molecule has 0 aliphatic carbocycles. The van der Waals surface area contributed by atoms with Crippen LogP contribution in [0.2, 0.25) is 0 Å². The van der Waals surface area contributed by atoms with Crippen LogP contribution in [0.3, 0.4) is 0 Å². The maximum atomic E-state index is 11.1. The minimum Gasteiger partial charge on any atom is -0.266 e. The van der Waals surface area contributed by atoms with Gasteiger partial charge in [0.05, 0.1) is 10.7 Å². The lowest BCUT2D eigenvalue weighted by molar-refractivity contribution is 0.846. The number of nitrogens with one attached hydrogen (secondary N) is 1. The van der Waals surface area contributed by atoms with Crippen LogP contribution in [0.1, 0.15) is 0 Å². The first kappa shape index (κ1) is 6.53. The van der Waals surface area contributed by atoms with E-state index < -0.39 is 0 Å². The minimum atomic E-state index is -0.253. The highest BCUT2D eigenvalue weighted by Gasteiger charge is 2.03. The summed E-state index contributed by atoms with van der Waals surface area (Å²) in [4.78, 5) is 11.1. The van der Waals surface area contributed by atoms with Crippen LogP contribution in [-0.4, -0.2) is 19.8 Å². The molecule has 2 aromatic heterocycles. The number of nitrogens with zero attached hydrogens (tertiary/aromatic N) is 3. The van der Waals surface area contributed by atoms with Crippen LogP contribution in [0.15, 0.2) is 21.8 Å². The molecule has 0 aromatic carbocycles. The molecule has 0 unspecified atom stereocenters. The molecule has 0 atom stereocenters. The molecule has 0 saturated carbocycles. The Kier molecular flexibility index (Phi) is 1.28. The monoisotopic (exact) mass is 214 g/mol. The fourth-order valence-corrected chi connectivity index (χ4v) is 1.29. The second-order valence-corrected chi connectivity index (χ2v) is 2.83. The van der Waals surface area contributed by atoms with Crippen LogP contribution in [-0.2, 0) is 0 Å². The third-order valence-corrected chi connectivity index (χ3v) is 1.88. The normalized spacial score (nSPS) is 10.6. The summed E-state index contributed by atoms with van der Waals surface area (Å²) >= 11 is 3.19. The maximum absolute atomic E-state index is 11.1. The number of aromatic amines is 1. The first-order valence-electron chi connectivity index (χ1n) is 2.85. The van der Waals surface area contributed by atoms with Crippen LogP contribution < -0.4 is 5.56 Å². The molecule has 0 aliphatic heterocycles. The molecule has 1 N–H and O–H groups in total. The third-order valence-electron chi connectivity index (χ3n) is 1.30. The van der Waals surface area contributed by atoms with Gasteiger partial charge in [-0.15, -0.1) is 0 Å². The molecule has 56 valence electrons. The van der Waals surface area contributed by atoms with Gasteiger partial charge in [0.25, 0.3) is 5.56 Å². The Balaban J connectivity index is 3.08. The van der Waals surface area contributed by atoms with Crippen LogP contribution >= 0.6 is 15.9 Å². The second kappa shape index (κ2) is 2.16. The van der Waals surface area contributed by atoms with Crippen molar-refractivity contribution >= 4 is 21.4 Å². The van der Waals surface area contributed by atoms with Gasteiger partial charge in [-0.3, -0.25) is 4.79 Å². The largest absolute Gasteiger partial charge is 0.291 e. The molecule has 0 amide bonds. The number of halogens is 1. The summed E-state index contributed by atoms with van der Waals surface area (Å²) in [6.45, 7) is 0. The Morgan fingerprint density at radius 1 is 1.64 bits per heavy atom. The molecule has 0 aliphatic rings. The maximum Gasteiger partial charge on any atom is 0.291 e. The predicted molar refractivity (Wildman–Crippen MR) is 41.3 cm³/mol. The number of hydrogen-bond acceptors (Lipinski definition) is 3. The minimum absolute atomic E-state index is 0.253. The summed E-state index contributed by atoms with van der Waals surface area (Å²) in [6.07, 6.45) is 2.98. The highest BCUT2D eigenvalue weighted by Crippen LogP contribution is 2.11. The van der Waals surface area contributed by atoms with Crippen molar-refractivity contribution < 1.29 is 0 Å². The van der Waals surface area contributed by atoms with Crippen LogP contribution in [0.5, 0.6) is 0 Å². The van der Waals surface area contributed by atoms with Gasteiger partial charge in [-0.05, 0) is 15.9 Å². The lowest BCUT2D eigenvalue weighted by Crippen LogP contribution is -2.11. The van der Waals surface area contributed by atoms with Gasteiger partial charge in [0, 0.05) is 0 Å². The molecule has 2 heterocycles. The van der Waals surface area contributed by atoms with Gasteiger partial charge < -0.3 is 0 Å². The van der Waals surface area contributed by atoms with Crippen molar-refractivity contribution in [1.29, 1.82) is 0 Å². The molecule has 0 fully saturated rings. The van der Waals surface area contributed by atoms with Crippen molar-refractivity contribution in [2.75, 3.05) is 0 Å². The molecule has 2 aromatic rings. The fraction of sp³-hybridized carbons (Fsp3) is 0. The van der Waals surface area contributed by atoms with E-state index in [1.807, 2.05) is 0 Å². The summed E-state index contributed by atoms with van der Waals surface area (Å²) in [5.74, 6) is 0. The second-order valence-electron chi connectivity index (χ2n) is 1.97. The third kappa shape index (κ3) is 0.864. The van der Waals surface area contributed by atoms with E-state index in [1.54, 1.807) is 6.20 Å². The number of aromatic nitrogens is 4. The molecule has 0 spiro atoms. The van der Waals surface area contributed by atoms with Crippen molar-refractivity contribution in [3.63, 3.8) is 0 Å². The molecule has 11 heavy (non-hydrogen) atoms. The Morgan fingerprint density at radius 2 is 2.45 bits per heavy atom. The Labute approximate surface area is 69.2 Å². The molecule has 2 rings (SSSR count). The summed E-state index contributed by atoms with van der Waals surface area (Å²) < 4.78 is 2.07. The van der Waals surface area contributed by atoms with E-state index in [-0.39, 0.29) is 5.56 Å². The predicted octanol–water partition coefficient (Wildman–Crippen LogP) is 0.180. The Morgan fingerprint density at radius 3 is 3.18 bits per heavy atom. The zero-order valence-electron chi connectivity index (χ0n) is 5.28. The van der Waals surface area contributed by atoms with Crippen LogP contribution in [0.25, 0.3) is 5.52 Å². The first-order valence-corrected chi connectivity index (χ1v) is 3.65. The summed E-state index contributed by atoms with van der Waals surface area (Å²) in [5, 5.41) is 9.74. The van der Waals surface area contributed by atoms with Gasteiger partial charge in [0.2, 0.25) is 0 Å². The van der Waals surface area contributed by atoms with E-state index in [2.05, 4.69) is 31.2 Å². The van der Waals surface area contributed by atoms with Crippen molar-refractivity contribution in [3.05, 3.63) is 27.4 Å². The smallest absolute Gasteiger partial charge is 0.266 e. The summed E-state index contributed by atoms with van der Waals surface area (Å²) in [6, 6.07) is 0. The van der Waals surface area contributed by atoms with Gasteiger partial charge in [0.1, 0.15) is 11.8 Å². The summed E-state index contributed by atoms with van der Waals surface area (Å²) in [7, 11) is 0. The number of H-pyrrole nitrogens is 1. The van der Waals surface area contributed by atoms with Gasteiger partial charge in [-0.1, -0.05) is 0 Å². The number of hydrogen-bond donors (Lipinski definition) is 1. The van der Waals surface area contributed by atoms with Crippen molar-refractivity contribution in [3.8, 4) is 0 Å².